The molecule has 22 heavy (non-hydrogen) atoms. The SMILES string of the molecule is CC(=O)OCCOCCOc1cccc2c(C#N)cccc12. The Morgan fingerprint density at radius 3 is 2.55 bits per heavy atom. The highest BCUT2D eigenvalue weighted by molar-refractivity contribution is 5.92. The van der Waals surface area contributed by atoms with Crippen molar-refractivity contribution in [3.63, 3.8) is 0 Å². The van der Waals surface area contributed by atoms with Crippen LogP contribution in [0.25, 0.3) is 10.8 Å². The van der Waals surface area contributed by atoms with E-state index in [2.05, 4.69) is 6.07 Å². The molecule has 0 aliphatic heterocycles. The van der Waals surface area contributed by atoms with Crippen LogP contribution in [0.4, 0.5) is 0 Å². The average Bonchev–Trinajstić information content (AvgIpc) is 2.53. The van der Waals surface area contributed by atoms with Gasteiger partial charge in [0, 0.05) is 17.7 Å². The van der Waals surface area contributed by atoms with E-state index in [1.807, 2.05) is 30.3 Å². The van der Waals surface area contributed by atoms with Crippen LogP contribution in [-0.2, 0) is 14.3 Å². The lowest BCUT2D eigenvalue weighted by atomic mass is 10.0. The van der Waals surface area contributed by atoms with Gasteiger partial charge in [0.05, 0.1) is 24.8 Å². The minimum Gasteiger partial charge on any atom is -0.491 e. The molecule has 114 valence electrons. The van der Waals surface area contributed by atoms with Crippen LogP contribution in [0.3, 0.4) is 0 Å². The summed E-state index contributed by atoms with van der Waals surface area (Å²) in [4.78, 5) is 10.6. The Hall–Kier alpha value is -2.58. The number of nitriles is 1. The number of fused-ring (bicyclic) bond motifs is 1. The molecule has 0 atom stereocenters. The summed E-state index contributed by atoms with van der Waals surface area (Å²) in [6.45, 7) is 2.73. The second kappa shape index (κ2) is 8.01. The maximum absolute atomic E-state index is 10.6. The van der Waals surface area contributed by atoms with Crippen LogP contribution >= 0.6 is 0 Å². The molecule has 0 spiro atoms. The van der Waals surface area contributed by atoms with Crippen LogP contribution in [0.1, 0.15) is 12.5 Å². The van der Waals surface area contributed by atoms with Gasteiger partial charge in [-0.2, -0.15) is 5.26 Å². The zero-order chi connectivity index (χ0) is 15.8. The van der Waals surface area contributed by atoms with E-state index >= 15 is 0 Å². The zero-order valence-corrected chi connectivity index (χ0v) is 12.4. The van der Waals surface area contributed by atoms with Crippen molar-refractivity contribution < 1.29 is 19.0 Å². The number of hydrogen-bond donors (Lipinski definition) is 0. The zero-order valence-electron chi connectivity index (χ0n) is 12.4. The molecule has 0 bridgehead atoms. The standard InChI is InChI=1S/C17H17NO4/c1-13(19)21-10-8-20-9-11-22-17-7-3-5-15-14(12-18)4-2-6-16(15)17/h2-7H,8-11H2,1H3. The average molecular weight is 299 g/mol. The molecule has 0 radical (unpaired) electrons. The van der Waals surface area contributed by atoms with Crippen molar-refractivity contribution in [3.05, 3.63) is 42.0 Å². The lowest BCUT2D eigenvalue weighted by Crippen LogP contribution is -2.12. The molecule has 0 heterocycles. The monoisotopic (exact) mass is 299 g/mol. The van der Waals surface area contributed by atoms with E-state index in [9.17, 15) is 4.79 Å². The van der Waals surface area contributed by atoms with Gasteiger partial charge in [-0.1, -0.05) is 24.3 Å². The third kappa shape index (κ3) is 4.21. The molecular formula is C17H17NO4. The maximum atomic E-state index is 10.6. The molecule has 0 fully saturated rings. The molecular weight excluding hydrogens is 282 g/mol. The molecule has 5 heteroatoms. The third-order valence-electron chi connectivity index (χ3n) is 3.02. The first kappa shape index (κ1) is 15.8. The van der Waals surface area contributed by atoms with E-state index in [1.54, 1.807) is 6.07 Å². The highest BCUT2D eigenvalue weighted by atomic mass is 16.6. The first-order chi connectivity index (χ1) is 10.7. The number of hydrogen-bond acceptors (Lipinski definition) is 5. The van der Waals surface area contributed by atoms with Crippen molar-refractivity contribution in [1.82, 2.24) is 0 Å². The van der Waals surface area contributed by atoms with Crippen molar-refractivity contribution >= 4 is 16.7 Å². The highest BCUT2D eigenvalue weighted by Gasteiger charge is 2.05. The largest absolute Gasteiger partial charge is 0.491 e. The molecule has 0 unspecified atom stereocenters. The number of ether oxygens (including phenoxy) is 3. The smallest absolute Gasteiger partial charge is 0.302 e. The van der Waals surface area contributed by atoms with Gasteiger partial charge in [0.2, 0.25) is 0 Å². The van der Waals surface area contributed by atoms with E-state index in [0.29, 0.717) is 25.4 Å². The van der Waals surface area contributed by atoms with Crippen LogP contribution in [0.2, 0.25) is 0 Å². The second-order valence-electron chi connectivity index (χ2n) is 4.57. The number of rotatable bonds is 7. The van der Waals surface area contributed by atoms with Gasteiger partial charge in [-0.3, -0.25) is 4.79 Å². The molecule has 0 saturated heterocycles. The Bertz CT molecular complexity index is 691. The third-order valence-corrected chi connectivity index (χ3v) is 3.02. The maximum Gasteiger partial charge on any atom is 0.302 e. The molecule has 0 amide bonds. The molecule has 2 rings (SSSR count). The van der Waals surface area contributed by atoms with Crippen molar-refractivity contribution in [3.8, 4) is 11.8 Å². The lowest BCUT2D eigenvalue weighted by Gasteiger charge is -2.10. The van der Waals surface area contributed by atoms with Crippen LogP contribution in [0.15, 0.2) is 36.4 Å². The quantitative estimate of drug-likeness (QED) is 0.581. The van der Waals surface area contributed by atoms with Crippen molar-refractivity contribution in [2.75, 3.05) is 26.4 Å². The number of benzene rings is 2. The summed E-state index contributed by atoms with van der Waals surface area (Å²) in [5, 5.41) is 10.9. The minimum atomic E-state index is -0.316. The molecule has 0 aliphatic carbocycles. The second-order valence-corrected chi connectivity index (χ2v) is 4.57. The predicted octanol–water partition coefficient (Wildman–Crippen LogP) is 2.67. The summed E-state index contributed by atoms with van der Waals surface area (Å²) in [6.07, 6.45) is 0. The van der Waals surface area contributed by atoms with Crippen molar-refractivity contribution in [2.45, 2.75) is 6.92 Å². The number of carbonyl (C=O) groups is 1. The Balaban J connectivity index is 1.87. The van der Waals surface area contributed by atoms with E-state index in [0.717, 1.165) is 16.5 Å². The van der Waals surface area contributed by atoms with Crippen molar-refractivity contribution in [2.24, 2.45) is 0 Å². The van der Waals surface area contributed by atoms with Crippen LogP contribution in [-0.4, -0.2) is 32.4 Å². The topological polar surface area (TPSA) is 68.6 Å². The Morgan fingerprint density at radius 2 is 1.77 bits per heavy atom. The molecule has 0 aliphatic rings. The predicted molar refractivity (Wildman–Crippen MR) is 81.6 cm³/mol. The van der Waals surface area contributed by atoms with Crippen molar-refractivity contribution in [1.29, 1.82) is 5.26 Å². The van der Waals surface area contributed by atoms with Gasteiger partial charge in [-0.05, 0) is 12.1 Å². The van der Waals surface area contributed by atoms with Gasteiger partial charge in [0.1, 0.15) is 19.0 Å². The molecule has 2 aromatic rings. The summed E-state index contributed by atoms with van der Waals surface area (Å²) in [7, 11) is 0. The Labute approximate surface area is 129 Å². The summed E-state index contributed by atoms with van der Waals surface area (Å²) in [6, 6.07) is 13.3. The van der Waals surface area contributed by atoms with Gasteiger partial charge in [-0.15, -0.1) is 0 Å². The Morgan fingerprint density at radius 1 is 1.05 bits per heavy atom. The fourth-order valence-corrected chi connectivity index (χ4v) is 2.06. The van der Waals surface area contributed by atoms with Crippen LogP contribution in [0, 0.1) is 11.3 Å². The van der Waals surface area contributed by atoms with Gasteiger partial charge < -0.3 is 14.2 Å². The van der Waals surface area contributed by atoms with E-state index < -0.39 is 0 Å². The summed E-state index contributed by atoms with van der Waals surface area (Å²) < 4.78 is 15.8. The summed E-state index contributed by atoms with van der Waals surface area (Å²) in [5.41, 5.74) is 0.626. The number of nitrogens with zero attached hydrogens (tertiary/aromatic N) is 1. The fraction of sp³-hybridized carbons (Fsp3) is 0.294. The van der Waals surface area contributed by atoms with Gasteiger partial charge >= 0.3 is 5.97 Å². The van der Waals surface area contributed by atoms with E-state index in [4.69, 9.17) is 19.5 Å². The van der Waals surface area contributed by atoms with E-state index in [-0.39, 0.29) is 12.6 Å². The normalized spacial score (nSPS) is 10.2. The first-order valence-corrected chi connectivity index (χ1v) is 6.98. The Kier molecular flexibility index (Phi) is 5.75. The molecule has 0 N–H and O–H groups in total. The molecule has 0 saturated carbocycles. The molecule has 0 aromatic heterocycles. The highest BCUT2D eigenvalue weighted by Crippen LogP contribution is 2.27. The minimum absolute atomic E-state index is 0.245. The van der Waals surface area contributed by atoms with Crippen LogP contribution in [0.5, 0.6) is 5.75 Å². The summed E-state index contributed by atoms with van der Waals surface area (Å²) in [5.74, 6) is 0.405. The number of esters is 1. The van der Waals surface area contributed by atoms with Gasteiger partial charge in [0.15, 0.2) is 0 Å². The van der Waals surface area contributed by atoms with Gasteiger partial charge in [0.25, 0.3) is 0 Å². The molecule has 5 nitrogen and oxygen atoms in total. The van der Waals surface area contributed by atoms with E-state index in [1.165, 1.54) is 6.92 Å². The molecule has 2 aromatic carbocycles. The first-order valence-electron chi connectivity index (χ1n) is 6.98. The summed E-state index contributed by atoms with van der Waals surface area (Å²) >= 11 is 0. The number of carbonyl (C=O) groups excluding carboxylic acids is 1. The lowest BCUT2D eigenvalue weighted by molar-refractivity contribution is -0.142. The fourth-order valence-electron chi connectivity index (χ4n) is 2.06. The van der Waals surface area contributed by atoms with Crippen LogP contribution < -0.4 is 4.74 Å². The van der Waals surface area contributed by atoms with Gasteiger partial charge in [-0.25, -0.2) is 0 Å².